The first-order valence-electron chi connectivity index (χ1n) is 7.43. The Morgan fingerprint density at radius 3 is 3.00 bits per heavy atom. The molecule has 0 amide bonds. The maximum Gasteiger partial charge on any atom is 0.0894 e. The molecule has 1 heterocycles. The molecule has 0 spiro atoms. The van der Waals surface area contributed by atoms with E-state index in [9.17, 15) is 0 Å². The first kappa shape index (κ1) is 15.4. The Labute approximate surface area is 121 Å². The second kappa shape index (κ2) is 7.74. The average Bonchev–Trinajstić information content (AvgIpc) is 2.48. The molecule has 20 heavy (non-hydrogen) atoms. The molecule has 0 bridgehead atoms. The van der Waals surface area contributed by atoms with Gasteiger partial charge >= 0.3 is 0 Å². The molecule has 1 fully saturated rings. The van der Waals surface area contributed by atoms with Crippen molar-refractivity contribution in [2.75, 3.05) is 33.4 Å². The van der Waals surface area contributed by atoms with Gasteiger partial charge in [0.05, 0.1) is 25.4 Å². The summed E-state index contributed by atoms with van der Waals surface area (Å²) in [5, 5.41) is 0. The third kappa shape index (κ3) is 3.58. The van der Waals surface area contributed by atoms with Crippen LogP contribution in [0.2, 0.25) is 0 Å². The lowest BCUT2D eigenvalue weighted by Crippen LogP contribution is -2.48. The van der Waals surface area contributed by atoms with E-state index < -0.39 is 0 Å². The molecular weight excluding hydrogens is 252 g/mol. The molecular formula is C16H26N2O2. The lowest BCUT2D eigenvalue weighted by atomic mass is 9.96. The largest absolute Gasteiger partial charge is 0.380 e. The van der Waals surface area contributed by atoms with Gasteiger partial charge in [-0.1, -0.05) is 31.2 Å². The van der Waals surface area contributed by atoms with Crippen LogP contribution in [0.3, 0.4) is 0 Å². The van der Waals surface area contributed by atoms with Crippen LogP contribution in [0.1, 0.15) is 30.5 Å². The summed E-state index contributed by atoms with van der Waals surface area (Å²) in [7, 11) is 1.72. The number of nitrogens with two attached hydrogens (primary N) is 1. The second-order valence-corrected chi connectivity index (χ2v) is 5.30. The Hall–Kier alpha value is -0.940. The molecule has 0 aliphatic carbocycles. The summed E-state index contributed by atoms with van der Waals surface area (Å²) in [5.41, 5.74) is 8.39. The Bertz CT molecular complexity index is 409. The van der Waals surface area contributed by atoms with Crippen molar-refractivity contribution in [1.29, 1.82) is 0 Å². The van der Waals surface area contributed by atoms with E-state index in [1.165, 1.54) is 11.1 Å². The van der Waals surface area contributed by atoms with Crippen LogP contribution in [0.4, 0.5) is 0 Å². The van der Waals surface area contributed by atoms with Crippen molar-refractivity contribution in [2.45, 2.75) is 32.1 Å². The molecule has 1 aromatic rings. The van der Waals surface area contributed by atoms with E-state index in [-0.39, 0.29) is 12.1 Å². The highest BCUT2D eigenvalue weighted by molar-refractivity contribution is 5.27. The molecule has 1 aliphatic heterocycles. The number of rotatable bonds is 6. The van der Waals surface area contributed by atoms with Crippen molar-refractivity contribution < 1.29 is 9.47 Å². The van der Waals surface area contributed by atoms with Crippen LogP contribution in [0.15, 0.2) is 24.3 Å². The van der Waals surface area contributed by atoms with Gasteiger partial charge in [-0.2, -0.15) is 0 Å². The zero-order chi connectivity index (χ0) is 14.4. The predicted octanol–water partition coefficient (Wildman–Crippen LogP) is 1.94. The zero-order valence-corrected chi connectivity index (χ0v) is 12.5. The zero-order valence-electron chi connectivity index (χ0n) is 12.5. The number of morpholine rings is 1. The summed E-state index contributed by atoms with van der Waals surface area (Å²) in [6, 6.07) is 8.83. The summed E-state index contributed by atoms with van der Waals surface area (Å²) in [5.74, 6) is 0. The van der Waals surface area contributed by atoms with Gasteiger partial charge in [0, 0.05) is 20.2 Å². The molecule has 4 heteroatoms. The van der Waals surface area contributed by atoms with E-state index in [0.29, 0.717) is 13.2 Å². The van der Waals surface area contributed by atoms with Crippen LogP contribution in [0.5, 0.6) is 0 Å². The molecule has 0 saturated carbocycles. The first-order valence-corrected chi connectivity index (χ1v) is 7.43. The minimum absolute atomic E-state index is 0.0769. The highest BCUT2D eigenvalue weighted by Gasteiger charge is 2.32. The second-order valence-electron chi connectivity index (χ2n) is 5.30. The van der Waals surface area contributed by atoms with Gasteiger partial charge in [0.25, 0.3) is 0 Å². The van der Waals surface area contributed by atoms with Crippen LogP contribution in [-0.2, 0) is 16.1 Å². The van der Waals surface area contributed by atoms with Crippen molar-refractivity contribution >= 4 is 0 Å². The van der Waals surface area contributed by atoms with E-state index in [1.54, 1.807) is 7.11 Å². The number of ether oxygens (including phenoxy) is 2. The van der Waals surface area contributed by atoms with Gasteiger partial charge in [-0.15, -0.1) is 0 Å². The molecule has 112 valence electrons. The van der Waals surface area contributed by atoms with Crippen molar-refractivity contribution in [3.8, 4) is 0 Å². The highest BCUT2D eigenvalue weighted by atomic mass is 16.5. The van der Waals surface area contributed by atoms with Gasteiger partial charge in [0.2, 0.25) is 0 Å². The molecule has 1 saturated heterocycles. The molecule has 2 rings (SSSR count). The number of methoxy groups -OCH3 is 1. The van der Waals surface area contributed by atoms with E-state index in [0.717, 1.165) is 26.1 Å². The normalized spacial score (nSPS) is 23.9. The van der Waals surface area contributed by atoms with E-state index in [1.807, 2.05) is 0 Å². The minimum atomic E-state index is 0.0769. The third-order valence-corrected chi connectivity index (χ3v) is 3.80. The van der Waals surface area contributed by atoms with Crippen LogP contribution >= 0.6 is 0 Å². The molecule has 0 radical (unpaired) electrons. The van der Waals surface area contributed by atoms with Crippen molar-refractivity contribution in [3.05, 3.63) is 35.4 Å². The predicted molar refractivity (Wildman–Crippen MR) is 80.6 cm³/mol. The van der Waals surface area contributed by atoms with Gasteiger partial charge in [-0.25, -0.2) is 0 Å². The van der Waals surface area contributed by atoms with Gasteiger partial charge in [-0.05, 0) is 24.1 Å². The van der Waals surface area contributed by atoms with E-state index in [2.05, 4.69) is 36.1 Å². The molecule has 2 N–H and O–H groups in total. The average molecular weight is 278 g/mol. The lowest BCUT2D eigenvalue weighted by Gasteiger charge is -2.41. The minimum Gasteiger partial charge on any atom is -0.380 e. The van der Waals surface area contributed by atoms with Crippen LogP contribution in [0.25, 0.3) is 0 Å². The summed E-state index contributed by atoms with van der Waals surface area (Å²) < 4.78 is 11.1. The maximum atomic E-state index is 5.91. The Balaban J connectivity index is 2.25. The van der Waals surface area contributed by atoms with Crippen molar-refractivity contribution in [3.63, 3.8) is 0 Å². The van der Waals surface area contributed by atoms with E-state index >= 15 is 0 Å². The topological polar surface area (TPSA) is 47.7 Å². The number of nitrogens with zero attached hydrogens (tertiary/aromatic N) is 1. The lowest BCUT2D eigenvalue weighted by molar-refractivity contribution is -0.0676. The fraction of sp³-hybridized carbons (Fsp3) is 0.625. The van der Waals surface area contributed by atoms with Crippen molar-refractivity contribution in [1.82, 2.24) is 4.90 Å². The quantitative estimate of drug-likeness (QED) is 0.864. The Kier molecular flexibility index (Phi) is 5.98. The SMILES string of the molecule is CCCN1CCOC(CN)C1c1cccc(COC)c1. The van der Waals surface area contributed by atoms with E-state index in [4.69, 9.17) is 15.2 Å². The van der Waals surface area contributed by atoms with Gasteiger partial charge in [0.15, 0.2) is 0 Å². The first-order chi connectivity index (χ1) is 9.80. The Morgan fingerprint density at radius 1 is 1.45 bits per heavy atom. The van der Waals surface area contributed by atoms with Crippen molar-refractivity contribution in [2.24, 2.45) is 5.73 Å². The van der Waals surface area contributed by atoms with Crippen LogP contribution in [-0.4, -0.2) is 44.4 Å². The summed E-state index contributed by atoms with van der Waals surface area (Å²) in [6.45, 7) is 6.24. The summed E-state index contributed by atoms with van der Waals surface area (Å²) in [6.07, 6.45) is 1.22. The van der Waals surface area contributed by atoms with Crippen LogP contribution in [0, 0.1) is 0 Å². The van der Waals surface area contributed by atoms with Gasteiger partial charge in [-0.3, -0.25) is 4.90 Å². The van der Waals surface area contributed by atoms with Gasteiger partial charge < -0.3 is 15.2 Å². The molecule has 4 nitrogen and oxygen atoms in total. The van der Waals surface area contributed by atoms with Gasteiger partial charge in [0.1, 0.15) is 0 Å². The summed E-state index contributed by atoms with van der Waals surface area (Å²) >= 11 is 0. The monoisotopic (exact) mass is 278 g/mol. The maximum absolute atomic E-state index is 5.91. The molecule has 1 aliphatic rings. The molecule has 1 aromatic carbocycles. The third-order valence-electron chi connectivity index (χ3n) is 3.80. The fourth-order valence-electron chi connectivity index (χ4n) is 2.98. The molecule has 2 atom stereocenters. The number of hydrogen-bond acceptors (Lipinski definition) is 4. The fourth-order valence-corrected chi connectivity index (χ4v) is 2.98. The molecule has 2 unspecified atom stereocenters. The smallest absolute Gasteiger partial charge is 0.0894 e. The highest BCUT2D eigenvalue weighted by Crippen LogP contribution is 2.30. The number of benzene rings is 1. The van der Waals surface area contributed by atoms with Crippen LogP contribution < -0.4 is 5.73 Å². The Morgan fingerprint density at radius 2 is 2.30 bits per heavy atom. The number of hydrogen-bond donors (Lipinski definition) is 1. The molecule has 0 aromatic heterocycles. The standard InChI is InChI=1S/C16H26N2O2/c1-3-7-18-8-9-20-15(11-17)16(18)14-6-4-5-13(10-14)12-19-2/h4-6,10,15-16H,3,7-9,11-12,17H2,1-2H3. The summed E-state index contributed by atoms with van der Waals surface area (Å²) in [4.78, 5) is 2.49.